The molecule has 126 valence electrons. The van der Waals surface area contributed by atoms with E-state index in [0.717, 1.165) is 45.4 Å². The van der Waals surface area contributed by atoms with Crippen LogP contribution in [0.1, 0.15) is 31.6 Å². The van der Waals surface area contributed by atoms with Crippen LogP contribution in [0.2, 0.25) is 0 Å². The molecule has 2 rings (SSSR count). The van der Waals surface area contributed by atoms with Gasteiger partial charge in [-0.15, -0.1) is 23.7 Å². The van der Waals surface area contributed by atoms with E-state index < -0.39 is 0 Å². The highest BCUT2D eigenvalue weighted by molar-refractivity contribution is 7.09. The second kappa shape index (κ2) is 8.87. The SMILES string of the molecule is CC(C)(N)CN1CCC(C(=O)NCCc2cccs2)CC1.Cl. The molecule has 1 aromatic rings. The van der Waals surface area contributed by atoms with Crippen molar-refractivity contribution >= 4 is 29.7 Å². The average Bonchev–Trinajstić information content (AvgIpc) is 2.91. The molecule has 1 aliphatic rings. The summed E-state index contributed by atoms with van der Waals surface area (Å²) in [6.45, 7) is 7.70. The summed E-state index contributed by atoms with van der Waals surface area (Å²) in [6, 6.07) is 4.17. The van der Waals surface area contributed by atoms with Crippen LogP contribution in [0.5, 0.6) is 0 Å². The van der Waals surface area contributed by atoms with Crippen LogP contribution in [0.4, 0.5) is 0 Å². The number of likely N-dealkylation sites (tertiary alicyclic amines) is 1. The fraction of sp³-hybridized carbons (Fsp3) is 0.688. The van der Waals surface area contributed by atoms with Gasteiger partial charge in [0.2, 0.25) is 5.91 Å². The van der Waals surface area contributed by atoms with Gasteiger partial charge in [0.05, 0.1) is 0 Å². The lowest BCUT2D eigenvalue weighted by atomic mass is 9.94. The molecule has 0 bridgehead atoms. The minimum absolute atomic E-state index is 0. The molecular formula is C16H28ClN3OS. The molecule has 1 amide bonds. The Morgan fingerprint density at radius 2 is 2.14 bits per heavy atom. The number of nitrogens with one attached hydrogen (secondary N) is 1. The van der Waals surface area contributed by atoms with Gasteiger partial charge in [-0.3, -0.25) is 4.79 Å². The minimum Gasteiger partial charge on any atom is -0.355 e. The molecule has 0 radical (unpaired) electrons. The Bertz CT molecular complexity index is 437. The van der Waals surface area contributed by atoms with E-state index in [-0.39, 0.29) is 29.8 Å². The van der Waals surface area contributed by atoms with Gasteiger partial charge in [-0.1, -0.05) is 6.07 Å². The van der Waals surface area contributed by atoms with Crippen LogP contribution >= 0.6 is 23.7 Å². The summed E-state index contributed by atoms with van der Waals surface area (Å²) in [5, 5.41) is 5.15. The normalized spacial score (nSPS) is 17.0. The van der Waals surface area contributed by atoms with Crippen molar-refractivity contribution in [2.45, 2.75) is 38.6 Å². The summed E-state index contributed by atoms with van der Waals surface area (Å²) in [7, 11) is 0. The molecule has 0 saturated carbocycles. The van der Waals surface area contributed by atoms with Crippen molar-refractivity contribution in [2.75, 3.05) is 26.2 Å². The second-order valence-corrected chi connectivity index (χ2v) is 7.69. The van der Waals surface area contributed by atoms with E-state index in [1.165, 1.54) is 4.88 Å². The van der Waals surface area contributed by atoms with Gasteiger partial charge in [0.15, 0.2) is 0 Å². The van der Waals surface area contributed by atoms with Crippen LogP contribution in [0.3, 0.4) is 0 Å². The Kier molecular flexibility index (Phi) is 7.83. The largest absolute Gasteiger partial charge is 0.355 e. The standard InChI is InChI=1S/C16H27N3OS.ClH/c1-16(2,17)12-19-9-6-13(7-10-19)15(20)18-8-5-14-4-3-11-21-14;/h3-4,11,13H,5-10,12,17H2,1-2H3,(H,18,20);1H. The molecule has 0 unspecified atom stereocenters. The van der Waals surface area contributed by atoms with E-state index in [9.17, 15) is 4.79 Å². The number of halogens is 1. The number of thiophene rings is 1. The lowest BCUT2D eigenvalue weighted by Gasteiger charge is -2.35. The molecule has 3 N–H and O–H groups in total. The molecule has 1 saturated heterocycles. The fourth-order valence-corrected chi connectivity index (χ4v) is 3.55. The molecule has 2 heterocycles. The molecule has 0 aromatic carbocycles. The lowest BCUT2D eigenvalue weighted by Crippen LogP contribution is -2.49. The van der Waals surface area contributed by atoms with E-state index in [0.29, 0.717) is 0 Å². The second-order valence-electron chi connectivity index (χ2n) is 6.66. The van der Waals surface area contributed by atoms with Gasteiger partial charge in [-0.25, -0.2) is 0 Å². The Labute approximate surface area is 143 Å². The van der Waals surface area contributed by atoms with Crippen LogP contribution in [0.15, 0.2) is 17.5 Å². The molecule has 4 nitrogen and oxygen atoms in total. The van der Waals surface area contributed by atoms with Crippen LogP contribution in [0, 0.1) is 5.92 Å². The van der Waals surface area contributed by atoms with Crippen LogP contribution in [-0.4, -0.2) is 42.5 Å². The van der Waals surface area contributed by atoms with E-state index in [1.807, 2.05) is 0 Å². The average molecular weight is 346 g/mol. The maximum atomic E-state index is 12.2. The van der Waals surface area contributed by atoms with Gasteiger partial charge >= 0.3 is 0 Å². The number of carbonyl (C=O) groups is 1. The number of piperidine rings is 1. The number of nitrogens with two attached hydrogens (primary N) is 1. The van der Waals surface area contributed by atoms with Crippen molar-refractivity contribution < 1.29 is 4.79 Å². The molecule has 1 aliphatic heterocycles. The Balaban J connectivity index is 0.00000242. The number of nitrogens with zero attached hydrogens (tertiary/aromatic N) is 1. The third-order valence-electron chi connectivity index (χ3n) is 3.84. The van der Waals surface area contributed by atoms with Gasteiger partial charge in [0.25, 0.3) is 0 Å². The van der Waals surface area contributed by atoms with Crippen molar-refractivity contribution in [3.05, 3.63) is 22.4 Å². The molecular weight excluding hydrogens is 318 g/mol. The lowest BCUT2D eigenvalue weighted by molar-refractivity contribution is -0.126. The van der Waals surface area contributed by atoms with Gasteiger partial charge in [-0.2, -0.15) is 0 Å². The molecule has 1 fully saturated rings. The predicted molar refractivity (Wildman–Crippen MR) is 95.7 cm³/mol. The van der Waals surface area contributed by atoms with Crippen molar-refractivity contribution in [3.63, 3.8) is 0 Å². The maximum absolute atomic E-state index is 12.2. The third-order valence-corrected chi connectivity index (χ3v) is 4.78. The third kappa shape index (κ3) is 6.65. The summed E-state index contributed by atoms with van der Waals surface area (Å²) in [4.78, 5) is 15.9. The van der Waals surface area contributed by atoms with Crippen LogP contribution in [-0.2, 0) is 11.2 Å². The first-order valence-electron chi connectivity index (χ1n) is 7.75. The Hall–Kier alpha value is -0.620. The summed E-state index contributed by atoms with van der Waals surface area (Å²) in [5.74, 6) is 0.392. The van der Waals surface area contributed by atoms with Gasteiger partial charge in [-0.05, 0) is 57.6 Å². The number of hydrogen-bond acceptors (Lipinski definition) is 4. The van der Waals surface area contributed by atoms with Crippen LogP contribution < -0.4 is 11.1 Å². The van der Waals surface area contributed by atoms with Crippen molar-refractivity contribution in [1.82, 2.24) is 10.2 Å². The number of amides is 1. The molecule has 0 aliphatic carbocycles. The summed E-state index contributed by atoms with van der Waals surface area (Å²) < 4.78 is 0. The van der Waals surface area contributed by atoms with Crippen molar-refractivity contribution in [3.8, 4) is 0 Å². The first-order valence-corrected chi connectivity index (χ1v) is 8.63. The first kappa shape index (κ1) is 19.4. The topological polar surface area (TPSA) is 58.4 Å². The van der Waals surface area contributed by atoms with Gasteiger partial charge in [0.1, 0.15) is 0 Å². The quantitative estimate of drug-likeness (QED) is 0.831. The van der Waals surface area contributed by atoms with Gasteiger partial charge < -0.3 is 16.0 Å². The molecule has 0 atom stereocenters. The van der Waals surface area contributed by atoms with Gasteiger partial charge in [0, 0.05) is 29.4 Å². The zero-order valence-corrected chi connectivity index (χ0v) is 15.1. The number of carbonyl (C=O) groups excluding carboxylic acids is 1. The number of rotatable bonds is 6. The highest BCUT2D eigenvalue weighted by Crippen LogP contribution is 2.18. The zero-order valence-electron chi connectivity index (χ0n) is 13.5. The Morgan fingerprint density at radius 3 is 2.68 bits per heavy atom. The van der Waals surface area contributed by atoms with E-state index >= 15 is 0 Å². The molecule has 0 spiro atoms. The number of hydrogen-bond donors (Lipinski definition) is 2. The van der Waals surface area contributed by atoms with E-state index in [2.05, 4.69) is 41.6 Å². The highest BCUT2D eigenvalue weighted by atomic mass is 35.5. The van der Waals surface area contributed by atoms with E-state index in [1.54, 1.807) is 11.3 Å². The minimum atomic E-state index is -0.157. The van der Waals surface area contributed by atoms with Crippen LogP contribution in [0.25, 0.3) is 0 Å². The summed E-state index contributed by atoms with van der Waals surface area (Å²) in [6.07, 6.45) is 2.82. The van der Waals surface area contributed by atoms with Crippen molar-refractivity contribution in [2.24, 2.45) is 11.7 Å². The fourth-order valence-electron chi connectivity index (χ4n) is 2.84. The summed E-state index contributed by atoms with van der Waals surface area (Å²) >= 11 is 1.75. The van der Waals surface area contributed by atoms with Crippen molar-refractivity contribution in [1.29, 1.82) is 0 Å². The maximum Gasteiger partial charge on any atom is 0.223 e. The molecule has 6 heteroatoms. The highest BCUT2D eigenvalue weighted by Gasteiger charge is 2.26. The summed E-state index contributed by atoms with van der Waals surface area (Å²) in [5.41, 5.74) is 5.90. The molecule has 22 heavy (non-hydrogen) atoms. The van der Waals surface area contributed by atoms with E-state index in [4.69, 9.17) is 5.73 Å². The zero-order chi connectivity index (χ0) is 15.3. The smallest absolute Gasteiger partial charge is 0.223 e. The Morgan fingerprint density at radius 1 is 1.45 bits per heavy atom. The first-order chi connectivity index (χ1) is 9.94. The predicted octanol–water partition coefficient (Wildman–Crippen LogP) is 2.28. The monoisotopic (exact) mass is 345 g/mol. The molecule has 1 aromatic heterocycles.